The van der Waals surface area contributed by atoms with Gasteiger partial charge in [0.1, 0.15) is 0 Å². The van der Waals surface area contributed by atoms with Crippen LogP contribution in [0.25, 0.3) is 33.4 Å². The Balaban J connectivity index is 1.21. The van der Waals surface area contributed by atoms with E-state index in [0.29, 0.717) is 0 Å². The van der Waals surface area contributed by atoms with E-state index < -0.39 is 8.07 Å². The molecule has 82 heavy (non-hydrogen) atoms. The van der Waals surface area contributed by atoms with Crippen molar-refractivity contribution in [1.29, 1.82) is 0 Å². The summed E-state index contributed by atoms with van der Waals surface area (Å²) in [5.41, 5.74) is 26.3. The molecule has 3 heterocycles. The highest BCUT2D eigenvalue weighted by atomic mass is 28.3. The van der Waals surface area contributed by atoms with E-state index in [2.05, 4.69) is 305 Å². The largest absolute Gasteiger partial charge is 0.334 e. The van der Waals surface area contributed by atoms with Crippen molar-refractivity contribution in [1.82, 2.24) is 0 Å². The summed E-state index contributed by atoms with van der Waals surface area (Å²) in [6.45, 7) is 33.9. The topological polar surface area (TPSA) is 9.72 Å². The Labute approximate surface area is 492 Å². The highest BCUT2D eigenvalue weighted by molar-refractivity contribution is 7.00. The fraction of sp³-hybridized carbons (Fsp3) is 0.299. The average molecular weight is 1090 g/mol. The monoisotopic (exact) mass is 1090 g/mol. The zero-order valence-electron chi connectivity index (χ0n) is 51.2. The van der Waals surface area contributed by atoms with E-state index in [1.165, 1.54) is 137 Å². The van der Waals surface area contributed by atoms with Crippen molar-refractivity contribution < 1.29 is 0 Å². The third-order valence-corrected chi connectivity index (χ3v) is 21.7. The molecule has 9 aromatic rings. The van der Waals surface area contributed by atoms with Gasteiger partial charge in [0.25, 0.3) is 6.71 Å². The van der Waals surface area contributed by atoms with E-state index in [1.54, 1.807) is 5.19 Å². The lowest BCUT2D eigenvalue weighted by molar-refractivity contribution is 0.195. The quantitative estimate of drug-likeness (QED) is 0.147. The molecule has 5 heteroatoms. The lowest BCUT2D eigenvalue weighted by atomic mass is 9.33. The summed E-state index contributed by atoms with van der Waals surface area (Å²) in [7, 11) is -1.66. The molecular formula is C77H82BN3Si. The zero-order chi connectivity index (χ0) is 57.5. The summed E-state index contributed by atoms with van der Waals surface area (Å²) in [5, 5.41) is 1.54. The van der Waals surface area contributed by atoms with E-state index in [1.807, 2.05) is 0 Å². The third kappa shape index (κ3) is 8.65. The molecule has 9 aromatic carbocycles. The maximum atomic E-state index is 2.85. The van der Waals surface area contributed by atoms with Crippen LogP contribution in [0.4, 0.5) is 45.5 Å². The minimum Gasteiger partial charge on any atom is -0.334 e. The van der Waals surface area contributed by atoms with Crippen LogP contribution in [0.2, 0.25) is 19.6 Å². The fourth-order valence-corrected chi connectivity index (χ4v) is 15.8. The van der Waals surface area contributed by atoms with E-state index in [0.717, 1.165) is 6.42 Å². The molecule has 0 saturated heterocycles. The molecular weight excluding hydrogens is 1010 g/mol. The van der Waals surface area contributed by atoms with E-state index >= 15 is 0 Å². The minimum atomic E-state index is -1.66. The maximum absolute atomic E-state index is 2.85. The van der Waals surface area contributed by atoms with Crippen LogP contribution in [-0.4, -0.2) is 20.3 Å². The molecule has 3 nitrogen and oxygen atoms in total. The standard InChI is InChI=1S/C77H82BN3Si/c1-73(2,3)55-33-38-65(60(45-55)52-28-20-16-21-29-52)79-68-37-32-54(51-26-18-15-19-27-51)44-63(68)78-64-47-57(75(7,8)9)35-40-69(64)80(66-39-34-56(74(4,5)6)46-61(66)53-30-22-17-23-31-53)71-49-58(48-70(79)72(71)78)81-67-41-36-59(82(12,13)14)50-62(67)76(10)42-24-25-43-77(76,81)11/h15-23,26-41,44-50H,24-25,42-43H2,1-14H3. The molecule has 0 radical (unpaired) electrons. The van der Waals surface area contributed by atoms with Crippen LogP contribution in [0.5, 0.6) is 0 Å². The number of rotatable bonds is 7. The van der Waals surface area contributed by atoms with Crippen LogP contribution in [0.15, 0.2) is 194 Å². The summed E-state index contributed by atoms with van der Waals surface area (Å²) >= 11 is 0. The number of anilines is 8. The Kier molecular flexibility index (Phi) is 12.6. The smallest absolute Gasteiger partial charge is 0.252 e. The predicted octanol–water partition coefficient (Wildman–Crippen LogP) is 18.9. The summed E-state index contributed by atoms with van der Waals surface area (Å²) < 4.78 is 0. The van der Waals surface area contributed by atoms with Gasteiger partial charge in [-0.2, -0.15) is 0 Å². The Morgan fingerprint density at radius 3 is 1.34 bits per heavy atom. The van der Waals surface area contributed by atoms with Crippen molar-refractivity contribution in [3.05, 3.63) is 216 Å². The summed E-state index contributed by atoms with van der Waals surface area (Å²) in [6, 6.07) is 75.9. The van der Waals surface area contributed by atoms with Gasteiger partial charge in [0.2, 0.25) is 0 Å². The Hall–Kier alpha value is -7.34. The van der Waals surface area contributed by atoms with Gasteiger partial charge in [-0.15, -0.1) is 0 Å². The van der Waals surface area contributed by atoms with Gasteiger partial charge in [-0.1, -0.05) is 246 Å². The van der Waals surface area contributed by atoms with Crippen LogP contribution in [0.3, 0.4) is 0 Å². The van der Waals surface area contributed by atoms with E-state index in [9.17, 15) is 0 Å². The molecule has 0 N–H and O–H groups in total. The molecule has 412 valence electrons. The summed E-state index contributed by atoms with van der Waals surface area (Å²) in [6.07, 6.45) is 4.73. The molecule has 2 atom stereocenters. The molecule has 4 aliphatic rings. The molecule has 1 saturated carbocycles. The van der Waals surface area contributed by atoms with E-state index in [-0.39, 0.29) is 33.9 Å². The first-order valence-electron chi connectivity index (χ1n) is 30.4. The number of fused-ring (bicyclic) bond motifs is 7. The first-order chi connectivity index (χ1) is 38.9. The van der Waals surface area contributed by atoms with Gasteiger partial charge < -0.3 is 14.7 Å². The van der Waals surface area contributed by atoms with Gasteiger partial charge in [0.15, 0.2) is 0 Å². The third-order valence-electron chi connectivity index (χ3n) is 19.6. The first-order valence-corrected chi connectivity index (χ1v) is 33.9. The molecule has 13 rings (SSSR count). The predicted molar refractivity (Wildman–Crippen MR) is 359 cm³/mol. The van der Waals surface area contributed by atoms with Crippen LogP contribution in [-0.2, 0) is 21.7 Å². The molecule has 0 spiro atoms. The molecule has 1 fully saturated rings. The molecule has 3 aliphatic heterocycles. The van der Waals surface area contributed by atoms with Crippen LogP contribution in [0, 0.1) is 0 Å². The van der Waals surface area contributed by atoms with Crippen molar-refractivity contribution in [3.63, 3.8) is 0 Å². The second-order valence-corrected chi connectivity index (χ2v) is 34.1. The Morgan fingerprint density at radius 1 is 0.402 bits per heavy atom. The molecule has 0 amide bonds. The first kappa shape index (κ1) is 53.9. The van der Waals surface area contributed by atoms with Gasteiger partial charge in [0.05, 0.1) is 25.0 Å². The SMILES string of the molecule is CC(C)(C)c1ccc2c(c1)B1c3cc(-c4ccccc4)ccc3N(c3ccc(C(C)(C)C)cc3-c3ccccc3)c3cc(N4c5ccc([Si](C)(C)C)cc5C5(C)CCCCC45C)cc(c31)N2c1ccc(C(C)(C)C)cc1-c1ccccc1. The van der Waals surface area contributed by atoms with Crippen LogP contribution in [0.1, 0.15) is 124 Å². The zero-order valence-corrected chi connectivity index (χ0v) is 52.2. The van der Waals surface area contributed by atoms with Gasteiger partial charge in [-0.25, -0.2) is 0 Å². The second kappa shape index (κ2) is 19.1. The summed E-state index contributed by atoms with van der Waals surface area (Å²) in [5.74, 6) is 0. The van der Waals surface area contributed by atoms with Crippen LogP contribution < -0.4 is 36.3 Å². The highest BCUT2D eigenvalue weighted by Crippen LogP contribution is 2.62. The van der Waals surface area contributed by atoms with Gasteiger partial charge in [-0.05, 0) is 152 Å². The Morgan fingerprint density at radius 2 is 0.841 bits per heavy atom. The molecule has 1 aliphatic carbocycles. The summed E-state index contributed by atoms with van der Waals surface area (Å²) in [4.78, 5) is 8.25. The number of hydrogen-bond acceptors (Lipinski definition) is 3. The number of hydrogen-bond donors (Lipinski definition) is 0. The second-order valence-electron chi connectivity index (χ2n) is 29.0. The lowest BCUT2D eigenvalue weighted by Crippen LogP contribution is -2.62. The van der Waals surface area contributed by atoms with Crippen molar-refractivity contribution in [3.8, 4) is 33.4 Å². The van der Waals surface area contributed by atoms with Gasteiger partial charge >= 0.3 is 0 Å². The number of benzene rings is 9. The average Bonchev–Trinajstić information content (AvgIpc) is 1.78. The molecule has 0 aromatic heterocycles. The van der Waals surface area contributed by atoms with E-state index in [4.69, 9.17) is 0 Å². The highest BCUT2D eigenvalue weighted by Gasteiger charge is 2.58. The van der Waals surface area contributed by atoms with Crippen molar-refractivity contribution >= 4 is 81.9 Å². The lowest BCUT2D eigenvalue weighted by Gasteiger charge is -2.51. The van der Waals surface area contributed by atoms with Crippen LogP contribution >= 0.6 is 0 Å². The maximum Gasteiger partial charge on any atom is 0.252 e. The number of nitrogens with zero attached hydrogens (tertiary/aromatic N) is 3. The fourth-order valence-electron chi connectivity index (χ4n) is 14.6. The Bertz CT molecular complexity index is 3950. The minimum absolute atomic E-state index is 0.0474. The van der Waals surface area contributed by atoms with Gasteiger partial charge in [-0.3, -0.25) is 0 Å². The normalized spacial score (nSPS) is 18.4. The molecule has 0 bridgehead atoms. The molecule has 2 unspecified atom stereocenters. The van der Waals surface area contributed by atoms with Crippen molar-refractivity contribution in [2.45, 2.75) is 149 Å². The van der Waals surface area contributed by atoms with Crippen molar-refractivity contribution in [2.75, 3.05) is 14.7 Å². The van der Waals surface area contributed by atoms with Crippen molar-refractivity contribution in [2.24, 2.45) is 0 Å². The van der Waals surface area contributed by atoms with Gasteiger partial charge in [0, 0.05) is 50.7 Å².